The minimum Gasteiger partial charge on any atom is -0.497 e. The number of benzene rings is 7. The molecule has 9 fully saturated rings. The lowest BCUT2D eigenvalue weighted by atomic mass is 9.42. The van der Waals surface area contributed by atoms with Crippen LogP contribution >= 0.6 is 0 Å². The molecule has 18 rings (SSSR count). The number of piperazine rings is 1. The van der Waals surface area contributed by atoms with E-state index in [1.807, 2.05) is 67.7 Å². The zero-order valence-electron chi connectivity index (χ0n) is 91.8. The molecule has 1 aromatic heterocycles. The highest BCUT2D eigenvalue weighted by Crippen LogP contribution is 2.66. The fourth-order valence-electron chi connectivity index (χ4n) is 23.3. The number of aromatic amines is 1. The van der Waals surface area contributed by atoms with Gasteiger partial charge in [0.2, 0.25) is 0 Å². The number of ketones is 1. The third kappa shape index (κ3) is 41.6. The monoisotopic (exact) mass is 1890 g/mol. The van der Waals surface area contributed by atoms with Crippen LogP contribution in [-0.4, -0.2) is 165 Å². The van der Waals surface area contributed by atoms with Gasteiger partial charge in [-0.15, -0.1) is 0 Å². The van der Waals surface area contributed by atoms with Crippen molar-refractivity contribution in [3.8, 4) is 5.75 Å². The van der Waals surface area contributed by atoms with Gasteiger partial charge < -0.3 is 56.6 Å². The van der Waals surface area contributed by atoms with E-state index in [0.29, 0.717) is 82.8 Å². The maximum Gasteiger partial charge on any atom is 0.323 e. The number of methoxy groups -OCH3 is 1. The summed E-state index contributed by atoms with van der Waals surface area (Å²) in [5, 5.41) is 29.5. The summed E-state index contributed by atoms with van der Waals surface area (Å²) in [5.41, 5.74) is 20.8. The van der Waals surface area contributed by atoms with Gasteiger partial charge in [-0.3, -0.25) is 19.8 Å². The van der Waals surface area contributed by atoms with Gasteiger partial charge in [-0.2, -0.15) is 0 Å². The van der Waals surface area contributed by atoms with Crippen LogP contribution in [0.2, 0.25) is 0 Å². The van der Waals surface area contributed by atoms with E-state index in [-0.39, 0.29) is 23.3 Å². The quantitative estimate of drug-likeness (QED) is 0.0144. The summed E-state index contributed by atoms with van der Waals surface area (Å²) in [6.45, 7) is 69.1. The Bertz CT molecular complexity index is 4620. The highest BCUT2D eigenvalue weighted by molar-refractivity contribution is 5.94. The number of rotatable bonds is 32. The largest absolute Gasteiger partial charge is 0.497 e. The van der Waals surface area contributed by atoms with Crippen LogP contribution < -0.4 is 52.2 Å². The van der Waals surface area contributed by atoms with Gasteiger partial charge in [-0.25, -0.2) is 0 Å². The standard InChI is InChI=1S/C17H24N2O2.C15H27N.C14H22N2O.C14H25N.C14H19N.C13H19NO.3C12H19N/c1-5-21-16(20)15(19-17(2,3)4)10-12-11-18-14-9-7-6-8-13(12)14;1-11(2)16-15-7-12-5-13(3,9-15)8-14(4,6-12)10-15;1-12(2)15-8-10-16(11-9-15)13-4-6-14(17-3)7-5-13;1-13(2,3)15-14-7-10-4-11(8-14)6-12(5-10)9-14;1-11(2)15-10-9-13-8-7-12-5-3-4-6-14(12)13;1-10(2)14-9-8-12-4-6-13(7-5-12)11(3)15;3*1-10(2)13-9-8-12-6-4-11(3)5-7-12/h6-9,11,15,18-19H,5,10H2,1-4H3;11-12,16H,5-10H2,1-4H3;4-7,12H,8-11H2,1-3H3;10-12,15H,4-9H2,1-3H3;3-6,8,11,15H,7,9-10H2,1-2H3;4-7,10,14H,8-9H2,1-3H3;3*4-7,10,13H,8-9H2,1-3H3. The Hall–Kier alpha value is -7.80. The van der Waals surface area contributed by atoms with Gasteiger partial charge in [-0.05, 0) is 348 Å². The Balaban J connectivity index is 0.000000191. The number of carbonyl (C=O) groups excluding carboxylic acids is 2. The smallest absolute Gasteiger partial charge is 0.323 e. The van der Waals surface area contributed by atoms with Crippen LogP contribution in [0.25, 0.3) is 16.5 Å². The van der Waals surface area contributed by atoms with Crippen molar-refractivity contribution in [1.82, 2.24) is 52.4 Å². The number of Topliss-reactive ketones (excluding diaryl/α,β-unsaturated/α-hetero) is 1. The number of allylic oxidation sites excluding steroid dienone is 1. The number of anilines is 1. The second-order valence-corrected chi connectivity index (χ2v) is 47.0. The van der Waals surface area contributed by atoms with Crippen LogP contribution in [0.4, 0.5) is 5.69 Å². The number of ether oxygens (including phenoxy) is 2. The molecule has 0 amide bonds. The molecule has 1 saturated heterocycles. The van der Waals surface area contributed by atoms with Gasteiger partial charge in [0.15, 0.2) is 5.78 Å². The molecule has 7 aromatic carbocycles. The molecule has 15 heteroatoms. The van der Waals surface area contributed by atoms with Gasteiger partial charge in [-0.1, -0.05) is 259 Å². The number of H-pyrrole nitrogens is 1. The second kappa shape index (κ2) is 56.3. The van der Waals surface area contributed by atoms with Gasteiger partial charge in [0, 0.05) is 125 Å². The summed E-state index contributed by atoms with van der Waals surface area (Å²) in [6, 6.07) is 63.1. The number of carbonyl (C=O) groups is 2. The van der Waals surface area contributed by atoms with E-state index in [2.05, 4.69) is 352 Å². The summed E-state index contributed by atoms with van der Waals surface area (Å²) in [7, 11) is 1.70. The normalized spacial score (nSPS) is 21.6. The average Bonchev–Trinajstić information content (AvgIpc) is 1.62. The van der Waals surface area contributed by atoms with Crippen LogP contribution in [0.1, 0.15) is 316 Å². The number of hydrogen-bond acceptors (Lipinski definition) is 14. The van der Waals surface area contributed by atoms with Crippen LogP contribution in [-0.2, 0) is 48.1 Å². The van der Waals surface area contributed by atoms with Crippen LogP contribution in [0.5, 0.6) is 5.75 Å². The van der Waals surface area contributed by atoms with Crippen molar-refractivity contribution in [3.05, 3.63) is 243 Å². The maximum atomic E-state index is 12.2. The Kier molecular flexibility index (Phi) is 47.1. The first kappa shape index (κ1) is 115. The predicted octanol–water partition coefficient (Wildman–Crippen LogP) is 25.4. The Morgan fingerprint density at radius 2 is 0.891 bits per heavy atom. The van der Waals surface area contributed by atoms with Crippen LogP contribution in [0, 0.1) is 55.3 Å². The summed E-state index contributed by atoms with van der Waals surface area (Å²) in [4.78, 5) is 31.5. The molecule has 10 aliphatic rings. The van der Waals surface area contributed by atoms with Crippen molar-refractivity contribution in [1.29, 1.82) is 0 Å². The number of nitrogens with zero attached hydrogens (tertiary/aromatic N) is 2. The average molecular weight is 1890 g/mol. The zero-order chi connectivity index (χ0) is 101. The van der Waals surface area contributed by atoms with E-state index < -0.39 is 0 Å². The van der Waals surface area contributed by atoms with Crippen molar-refractivity contribution in [3.63, 3.8) is 0 Å². The lowest BCUT2D eigenvalue weighted by Gasteiger charge is -2.66. The highest BCUT2D eigenvalue weighted by atomic mass is 16.5. The van der Waals surface area contributed by atoms with E-state index in [1.54, 1.807) is 33.3 Å². The second-order valence-electron chi connectivity index (χ2n) is 47.0. The third-order valence-corrected chi connectivity index (χ3v) is 28.1. The number of nitrogens with one attached hydrogen (secondary N) is 9. The topological polar surface area (TPSA) is 171 Å². The van der Waals surface area contributed by atoms with Crippen molar-refractivity contribution in [2.24, 2.45) is 34.5 Å². The van der Waals surface area contributed by atoms with Gasteiger partial charge in [0.25, 0.3) is 0 Å². The molecular formula is C123H193N11O4. The van der Waals surface area contributed by atoms with E-state index >= 15 is 0 Å². The molecule has 9 N–H and O–H groups in total. The molecule has 8 bridgehead atoms. The molecule has 15 nitrogen and oxygen atoms in total. The summed E-state index contributed by atoms with van der Waals surface area (Å²) in [5.74, 6) is 5.05. The molecule has 3 atom stereocenters. The zero-order valence-corrected chi connectivity index (χ0v) is 91.8. The number of para-hydroxylation sites is 1. The Morgan fingerprint density at radius 1 is 0.471 bits per heavy atom. The fraction of sp³-hybridized carbons (Fsp3) is 0.610. The van der Waals surface area contributed by atoms with E-state index in [0.717, 1.165) is 149 Å². The molecule has 2 heterocycles. The molecular weight excluding hydrogens is 1700 g/mol. The lowest BCUT2D eigenvalue weighted by molar-refractivity contribution is -0.146. The minimum absolute atomic E-state index is 0.127. The van der Waals surface area contributed by atoms with Gasteiger partial charge in [0.05, 0.1) is 13.7 Å². The summed E-state index contributed by atoms with van der Waals surface area (Å²) in [6.07, 6.45) is 29.5. The molecule has 8 saturated carbocycles. The number of esters is 1. The summed E-state index contributed by atoms with van der Waals surface area (Å²) < 4.78 is 10.4. The SMILES string of the molecule is CC(=O)c1ccc(CCNC(C)C)cc1.CC(C)(C)NC12CC3CC(CC(C3)C1)C2.CC(C)NC12CC3CC(C)(CC(C)(C3)C1)C2.CC(C)NCCC1=CCc2ccccc21.CCOC(=O)C(Cc1c[nH]c2ccccc12)NC(C)(C)C.COc1ccc(N2CCN(C(C)C)CC2)cc1.Cc1ccc(CCNC(C)C)cc1.Cc1ccc(CCNC(C)C)cc1.Cc1ccc(CCNC(C)C)cc1. The van der Waals surface area contributed by atoms with E-state index in [9.17, 15) is 9.59 Å². The van der Waals surface area contributed by atoms with E-state index in [1.165, 1.54) is 119 Å². The van der Waals surface area contributed by atoms with Crippen LogP contribution in [0.3, 0.4) is 0 Å². The van der Waals surface area contributed by atoms with E-state index in [4.69, 9.17) is 9.47 Å². The molecule has 3 unspecified atom stereocenters. The molecule has 764 valence electrons. The third-order valence-electron chi connectivity index (χ3n) is 28.1. The number of aryl methyl sites for hydroxylation is 3. The first-order chi connectivity index (χ1) is 65.3. The number of aromatic nitrogens is 1. The van der Waals surface area contributed by atoms with Crippen LogP contribution in [0.15, 0.2) is 182 Å². The maximum absolute atomic E-state index is 12.2. The molecule has 1 aliphatic heterocycles. The first-order valence-electron chi connectivity index (χ1n) is 53.7. The highest BCUT2D eigenvalue weighted by Gasteiger charge is 2.60. The van der Waals surface area contributed by atoms with Crippen molar-refractivity contribution in [2.45, 2.75) is 379 Å². The lowest BCUT2D eigenvalue weighted by Crippen LogP contribution is -2.65. The van der Waals surface area contributed by atoms with Crippen molar-refractivity contribution >= 4 is 33.9 Å². The number of hydrogen-bond donors (Lipinski definition) is 9. The molecule has 0 spiro atoms. The molecule has 9 aliphatic carbocycles. The minimum atomic E-state index is -0.343. The van der Waals surface area contributed by atoms with Crippen molar-refractivity contribution < 1.29 is 19.1 Å². The fourth-order valence-corrected chi connectivity index (χ4v) is 23.3. The Labute approximate surface area is 840 Å². The molecule has 0 radical (unpaired) electrons. The molecule has 138 heavy (non-hydrogen) atoms. The molecule has 8 aromatic rings. The Morgan fingerprint density at radius 3 is 1.29 bits per heavy atom. The van der Waals surface area contributed by atoms with Gasteiger partial charge >= 0.3 is 5.97 Å². The van der Waals surface area contributed by atoms with Crippen molar-refractivity contribution in [2.75, 3.05) is 77.5 Å². The predicted molar refractivity (Wildman–Crippen MR) is 593 cm³/mol. The summed E-state index contributed by atoms with van der Waals surface area (Å²) >= 11 is 0. The first-order valence-corrected chi connectivity index (χ1v) is 53.7. The number of fused-ring (bicyclic) bond motifs is 2. The van der Waals surface area contributed by atoms with Gasteiger partial charge in [0.1, 0.15) is 11.8 Å².